The molecule has 2 unspecified atom stereocenters. The highest BCUT2D eigenvalue weighted by Gasteiger charge is 2.45. The first-order valence-electron chi connectivity index (χ1n) is 8.69. The smallest absolute Gasteiger partial charge is 0.339 e. The van der Waals surface area contributed by atoms with Gasteiger partial charge >= 0.3 is 5.97 Å². The zero-order chi connectivity index (χ0) is 19.0. The molecule has 0 aliphatic carbocycles. The summed E-state index contributed by atoms with van der Waals surface area (Å²) in [6.07, 6.45) is 2.90. The van der Waals surface area contributed by atoms with Crippen molar-refractivity contribution in [1.29, 1.82) is 0 Å². The summed E-state index contributed by atoms with van der Waals surface area (Å²) >= 11 is 11.4. The van der Waals surface area contributed by atoms with Crippen molar-refractivity contribution >= 4 is 46.5 Å². The van der Waals surface area contributed by atoms with Gasteiger partial charge < -0.3 is 9.64 Å². The number of piperidine rings is 1. The van der Waals surface area contributed by atoms with Crippen LogP contribution in [0, 0.1) is 5.82 Å². The summed E-state index contributed by atoms with van der Waals surface area (Å²) < 4.78 is 19.9. The Hall–Kier alpha value is -1.73. The van der Waals surface area contributed by atoms with E-state index in [1.54, 1.807) is 6.92 Å². The number of fused-ring (bicyclic) bond motifs is 1. The van der Waals surface area contributed by atoms with Gasteiger partial charge in [-0.15, -0.1) is 0 Å². The Bertz CT molecular complexity index is 749. The Labute approximate surface area is 162 Å². The molecule has 1 aromatic rings. The number of halogens is 2. The second-order valence-electron chi connectivity index (χ2n) is 6.57. The van der Waals surface area contributed by atoms with Crippen LogP contribution < -0.4 is 4.90 Å². The first-order chi connectivity index (χ1) is 12.3. The lowest BCUT2D eigenvalue weighted by molar-refractivity contribution is -0.120. The van der Waals surface area contributed by atoms with Gasteiger partial charge in [0.15, 0.2) is 5.11 Å². The third-order valence-corrected chi connectivity index (χ3v) is 5.56. The van der Waals surface area contributed by atoms with Gasteiger partial charge in [0, 0.05) is 6.54 Å². The second kappa shape index (κ2) is 7.48. The SMILES string of the molecule is CCC(C)OC(=O)c1cc(N2C(=O)C3CCCCN3C2=S)c(F)cc1Cl. The number of anilines is 1. The molecule has 2 aliphatic rings. The highest BCUT2D eigenvalue weighted by molar-refractivity contribution is 7.80. The number of thiocarbonyl (C=S) groups is 1. The lowest BCUT2D eigenvalue weighted by Crippen LogP contribution is -2.38. The highest BCUT2D eigenvalue weighted by atomic mass is 35.5. The second-order valence-corrected chi connectivity index (χ2v) is 7.34. The number of carbonyl (C=O) groups is 2. The summed E-state index contributed by atoms with van der Waals surface area (Å²) in [5, 5.41) is 0.206. The number of nitrogens with zero attached hydrogens (tertiary/aromatic N) is 2. The zero-order valence-electron chi connectivity index (χ0n) is 14.6. The van der Waals surface area contributed by atoms with Crippen LogP contribution in [-0.4, -0.2) is 40.6 Å². The number of ether oxygens (including phenoxy) is 1. The van der Waals surface area contributed by atoms with Crippen LogP contribution in [0.25, 0.3) is 0 Å². The van der Waals surface area contributed by atoms with E-state index in [-0.39, 0.29) is 39.4 Å². The summed E-state index contributed by atoms with van der Waals surface area (Å²) in [5.74, 6) is -1.62. The number of carbonyl (C=O) groups excluding carboxylic acids is 2. The molecule has 0 spiro atoms. The third-order valence-electron chi connectivity index (χ3n) is 4.83. The molecule has 3 rings (SSSR count). The minimum Gasteiger partial charge on any atom is -0.459 e. The first-order valence-corrected chi connectivity index (χ1v) is 9.48. The molecule has 2 aliphatic heterocycles. The van der Waals surface area contributed by atoms with E-state index < -0.39 is 11.8 Å². The van der Waals surface area contributed by atoms with Gasteiger partial charge in [-0.1, -0.05) is 18.5 Å². The molecular weight excluding hydrogens is 379 g/mol. The standard InChI is InChI=1S/C18H20ClFN2O3S/c1-3-10(2)25-17(24)11-8-15(13(20)9-12(11)19)22-16(23)14-6-4-5-7-21(14)18(22)26/h8-10,14H,3-7H2,1-2H3. The zero-order valence-corrected chi connectivity index (χ0v) is 16.2. The van der Waals surface area contributed by atoms with E-state index in [1.807, 2.05) is 11.8 Å². The van der Waals surface area contributed by atoms with E-state index in [1.165, 1.54) is 11.0 Å². The van der Waals surface area contributed by atoms with Crippen molar-refractivity contribution < 1.29 is 18.7 Å². The van der Waals surface area contributed by atoms with Gasteiger partial charge in [-0.2, -0.15) is 0 Å². The van der Waals surface area contributed by atoms with Crippen LogP contribution in [0.15, 0.2) is 12.1 Å². The third kappa shape index (κ3) is 3.30. The molecule has 8 heteroatoms. The molecule has 0 N–H and O–H groups in total. The molecule has 2 atom stereocenters. The van der Waals surface area contributed by atoms with Crippen LogP contribution >= 0.6 is 23.8 Å². The van der Waals surface area contributed by atoms with Gasteiger partial charge in [0.2, 0.25) is 0 Å². The minimum absolute atomic E-state index is 0.0174. The van der Waals surface area contributed by atoms with Crippen molar-refractivity contribution in [2.24, 2.45) is 0 Å². The number of amides is 1. The van der Waals surface area contributed by atoms with Crippen LogP contribution in [0.1, 0.15) is 49.9 Å². The molecule has 26 heavy (non-hydrogen) atoms. The molecule has 140 valence electrons. The Balaban J connectivity index is 1.97. The highest BCUT2D eigenvalue weighted by Crippen LogP contribution is 2.34. The molecule has 2 fully saturated rings. The topological polar surface area (TPSA) is 49.9 Å². The normalized spacial score (nSPS) is 21.0. The van der Waals surface area contributed by atoms with Crippen LogP contribution in [-0.2, 0) is 9.53 Å². The van der Waals surface area contributed by atoms with Crippen molar-refractivity contribution in [2.75, 3.05) is 11.4 Å². The van der Waals surface area contributed by atoms with E-state index in [4.69, 9.17) is 28.6 Å². The van der Waals surface area contributed by atoms with Gasteiger partial charge in [-0.25, -0.2) is 9.18 Å². The van der Waals surface area contributed by atoms with Crippen LogP contribution in [0.5, 0.6) is 0 Å². The average molecular weight is 399 g/mol. The van der Waals surface area contributed by atoms with E-state index >= 15 is 0 Å². The maximum atomic E-state index is 14.6. The van der Waals surface area contributed by atoms with Gasteiger partial charge in [0.25, 0.3) is 5.91 Å². The van der Waals surface area contributed by atoms with Gasteiger partial charge in [0.1, 0.15) is 11.9 Å². The number of hydrogen-bond donors (Lipinski definition) is 0. The minimum atomic E-state index is -0.703. The van der Waals surface area contributed by atoms with Crippen LogP contribution in [0.2, 0.25) is 5.02 Å². The lowest BCUT2D eigenvalue weighted by Gasteiger charge is -2.27. The molecule has 2 heterocycles. The molecule has 0 saturated carbocycles. The number of esters is 1. The Kier molecular flexibility index (Phi) is 5.48. The Morgan fingerprint density at radius 3 is 2.85 bits per heavy atom. The van der Waals surface area contributed by atoms with Crippen molar-refractivity contribution in [3.05, 3.63) is 28.5 Å². The first kappa shape index (κ1) is 19.0. The predicted molar refractivity (Wildman–Crippen MR) is 101 cm³/mol. The maximum Gasteiger partial charge on any atom is 0.339 e. The molecular formula is C18H20ClFN2O3S. The van der Waals surface area contributed by atoms with Gasteiger partial charge in [0.05, 0.1) is 22.4 Å². The summed E-state index contributed by atoms with van der Waals surface area (Å²) in [6, 6.07) is 1.92. The number of rotatable bonds is 4. The molecule has 0 aromatic heterocycles. The predicted octanol–water partition coefficient (Wildman–Crippen LogP) is 3.92. The van der Waals surface area contributed by atoms with Crippen LogP contribution in [0.4, 0.5) is 10.1 Å². The molecule has 0 bridgehead atoms. The average Bonchev–Trinajstić information content (AvgIpc) is 2.86. The Morgan fingerprint density at radius 1 is 1.46 bits per heavy atom. The summed E-state index contributed by atoms with van der Waals surface area (Å²) in [4.78, 5) is 28.1. The monoisotopic (exact) mass is 398 g/mol. The molecule has 2 saturated heterocycles. The van der Waals surface area contributed by atoms with Crippen molar-refractivity contribution in [3.63, 3.8) is 0 Å². The Morgan fingerprint density at radius 2 is 2.19 bits per heavy atom. The number of hydrogen-bond acceptors (Lipinski definition) is 4. The molecule has 1 aromatic carbocycles. The van der Waals surface area contributed by atoms with Crippen molar-refractivity contribution in [1.82, 2.24) is 4.90 Å². The van der Waals surface area contributed by atoms with E-state index in [0.717, 1.165) is 18.9 Å². The summed E-state index contributed by atoms with van der Waals surface area (Å²) in [7, 11) is 0. The van der Waals surface area contributed by atoms with Crippen molar-refractivity contribution in [3.8, 4) is 0 Å². The molecule has 1 amide bonds. The fourth-order valence-electron chi connectivity index (χ4n) is 3.21. The van der Waals surface area contributed by atoms with Crippen molar-refractivity contribution in [2.45, 2.75) is 51.7 Å². The van der Waals surface area contributed by atoms with Crippen LogP contribution in [0.3, 0.4) is 0 Å². The number of benzene rings is 1. The van der Waals surface area contributed by atoms with E-state index in [0.29, 0.717) is 19.4 Å². The fraction of sp³-hybridized carbons (Fsp3) is 0.500. The maximum absolute atomic E-state index is 14.6. The lowest BCUT2D eigenvalue weighted by atomic mass is 10.0. The quantitative estimate of drug-likeness (QED) is 0.568. The van der Waals surface area contributed by atoms with Gasteiger partial charge in [-0.3, -0.25) is 9.69 Å². The molecule has 0 radical (unpaired) electrons. The fourth-order valence-corrected chi connectivity index (χ4v) is 3.84. The van der Waals surface area contributed by atoms with E-state index in [2.05, 4.69) is 0 Å². The largest absolute Gasteiger partial charge is 0.459 e. The van der Waals surface area contributed by atoms with E-state index in [9.17, 15) is 14.0 Å². The van der Waals surface area contributed by atoms with Gasteiger partial charge in [-0.05, 0) is 57.0 Å². The summed E-state index contributed by atoms with van der Waals surface area (Å²) in [5.41, 5.74) is -0.0428. The molecule has 5 nitrogen and oxygen atoms in total. The summed E-state index contributed by atoms with van der Waals surface area (Å²) in [6.45, 7) is 4.31.